The number of amides is 1. The Morgan fingerprint density at radius 2 is 1.95 bits per heavy atom. The molecule has 3 rings (SSSR count). The molecule has 0 radical (unpaired) electrons. The van der Waals surface area contributed by atoms with Crippen LogP contribution in [0.5, 0.6) is 0 Å². The van der Waals surface area contributed by atoms with Gasteiger partial charge in [0.1, 0.15) is 5.82 Å². The molecule has 2 N–H and O–H groups in total. The number of anilines is 1. The minimum Gasteiger partial charge on any atom is -0.359 e. The Morgan fingerprint density at radius 3 is 2.75 bits per heavy atom. The highest BCUT2D eigenvalue weighted by molar-refractivity contribution is 6.05. The van der Waals surface area contributed by atoms with Crippen LogP contribution in [0.3, 0.4) is 0 Å². The molecular weight excluding hydrogens is 255 g/mol. The predicted octanol–water partition coefficient (Wildman–Crippen LogP) is 3.87. The molecule has 3 nitrogen and oxygen atoms in total. The van der Waals surface area contributed by atoms with Crippen LogP contribution in [-0.4, -0.2) is 10.9 Å². The van der Waals surface area contributed by atoms with Crippen molar-refractivity contribution in [2.45, 2.75) is 6.92 Å². The number of aromatic amines is 1. The first kappa shape index (κ1) is 12.4. The van der Waals surface area contributed by atoms with E-state index in [1.54, 1.807) is 18.2 Å². The van der Waals surface area contributed by atoms with Gasteiger partial charge in [0.2, 0.25) is 0 Å². The third-order valence-electron chi connectivity index (χ3n) is 3.13. The van der Waals surface area contributed by atoms with Gasteiger partial charge in [-0.3, -0.25) is 4.79 Å². The summed E-state index contributed by atoms with van der Waals surface area (Å²) in [5.74, 6) is -0.974. The van der Waals surface area contributed by atoms with Crippen LogP contribution in [0.2, 0.25) is 0 Å². The Balaban J connectivity index is 1.89. The number of halogens is 1. The van der Waals surface area contributed by atoms with Crippen molar-refractivity contribution in [3.63, 3.8) is 0 Å². The van der Waals surface area contributed by atoms with Crippen LogP contribution in [0.15, 0.2) is 48.5 Å². The fourth-order valence-electron chi connectivity index (χ4n) is 2.20. The van der Waals surface area contributed by atoms with E-state index in [-0.39, 0.29) is 5.56 Å². The average molecular weight is 268 g/mol. The van der Waals surface area contributed by atoms with Gasteiger partial charge in [-0.1, -0.05) is 12.1 Å². The first-order valence-corrected chi connectivity index (χ1v) is 6.29. The van der Waals surface area contributed by atoms with Gasteiger partial charge >= 0.3 is 0 Å². The van der Waals surface area contributed by atoms with Crippen LogP contribution in [0.25, 0.3) is 10.9 Å². The Bertz CT molecular complexity index is 792. The van der Waals surface area contributed by atoms with Gasteiger partial charge in [-0.25, -0.2) is 4.39 Å². The zero-order valence-electron chi connectivity index (χ0n) is 10.9. The summed E-state index contributed by atoms with van der Waals surface area (Å²) in [6.07, 6.45) is 0. The molecule has 1 heterocycles. The normalized spacial score (nSPS) is 10.7. The molecule has 0 aliphatic carbocycles. The molecule has 1 amide bonds. The molecule has 0 atom stereocenters. The number of hydrogen-bond acceptors (Lipinski definition) is 1. The van der Waals surface area contributed by atoms with Crippen molar-refractivity contribution in [2.24, 2.45) is 0 Å². The van der Waals surface area contributed by atoms with Crippen molar-refractivity contribution >= 4 is 22.5 Å². The molecule has 0 aliphatic heterocycles. The first-order valence-electron chi connectivity index (χ1n) is 6.29. The smallest absolute Gasteiger partial charge is 0.258 e. The van der Waals surface area contributed by atoms with Crippen LogP contribution in [0.4, 0.5) is 10.1 Å². The SMILES string of the molecule is Cc1cc2cc(NC(=O)c3ccccc3F)ccc2[nH]1. The van der Waals surface area contributed by atoms with Crippen molar-refractivity contribution in [2.75, 3.05) is 5.32 Å². The summed E-state index contributed by atoms with van der Waals surface area (Å²) >= 11 is 0. The molecule has 4 heteroatoms. The minimum absolute atomic E-state index is 0.0397. The molecule has 0 spiro atoms. The summed E-state index contributed by atoms with van der Waals surface area (Å²) < 4.78 is 13.5. The number of benzene rings is 2. The maximum Gasteiger partial charge on any atom is 0.258 e. The van der Waals surface area contributed by atoms with Crippen LogP contribution < -0.4 is 5.32 Å². The number of nitrogens with one attached hydrogen (secondary N) is 2. The van der Waals surface area contributed by atoms with Gasteiger partial charge in [0.15, 0.2) is 0 Å². The predicted molar refractivity (Wildman–Crippen MR) is 77.4 cm³/mol. The maximum absolute atomic E-state index is 13.5. The van der Waals surface area contributed by atoms with Crippen LogP contribution in [0.1, 0.15) is 16.1 Å². The standard InChI is InChI=1S/C16H13FN2O/c1-10-8-11-9-12(6-7-15(11)18-10)19-16(20)13-4-2-3-5-14(13)17/h2-9,18H,1H3,(H,19,20). The number of rotatable bonds is 2. The van der Waals surface area contributed by atoms with E-state index in [0.29, 0.717) is 5.69 Å². The van der Waals surface area contributed by atoms with Crippen LogP contribution >= 0.6 is 0 Å². The largest absolute Gasteiger partial charge is 0.359 e. The summed E-state index contributed by atoms with van der Waals surface area (Å²) in [5.41, 5.74) is 2.74. The molecule has 1 aromatic heterocycles. The lowest BCUT2D eigenvalue weighted by Crippen LogP contribution is -2.13. The summed E-state index contributed by atoms with van der Waals surface area (Å²) in [6.45, 7) is 1.97. The zero-order valence-corrected chi connectivity index (χ0v) is 10.9. The molecule has 0 saturated carbocycles. The van der Waals surface area contributed by atoms with Crippen LogP contribution in [-0.2, 0) is 0 Å². The second kappa shape index (κ2) is 4.81. The Labute approximate surface area is 115 Å². The van der Waals surface area contributed by atoms with E-state index < -0.39 is 11.7 Å². The van der Waals surface area contributed by atoms with Gasteiger partial charge in [-0.2, -0.15) is 0 Å². The molecule has 100 valence electrons. The van der Waals surface area contributed by atoms with E-state index >= 15 is 0 Å². The quantitative estimate of drug-likeness (QED) is 0.728. The number of aryl methyl sites for hydroxylation is 1. The third kappa shape index (κ3) is 2.28. The highest BCUT2D eigenvalue weighted by Crippen LogP contribution is 2.20. The van der Waals surface area contributed by atoms with E-state index in [0.717, 1.165) is 16.6 Å². The summed E-state index contributed by atoms with van der Waals surface area (Å²) in [7, 11) is 0. The number of H-pyrrole nitrogens is 1. The Kier molecular flexibility index (Phi) is 2.99. The molecule has 2 aromatic carbocycles. The number of carbonyl (C=O) groups excluding carboxylic acids is 1. The van der Waals surface area contributed by atoms with E-state index in [1.807, 2.05) is 25.1 Å². The number of hydrogen-bond donors (Lipinski definition) is 2. The van der Waals surface area contributed by atoms with Gasteiger partial charge in [0, 0.05) is 22.3 Å². The Morgan fingerprint density at radius 1 is 1.15 bits per heavy atom. The monoisotopic (exact) mass is 268 g/mol. The van der Waals surface area contributed by atoms with Gasteiger partial charge in [-0.15, -0.1) is 0 Å². The second-order valence-corrected chi connectivity index (χ2v) is 4.69. The number of fused-ring (bicyclic) bond motifs is 1. The van der Waals surface area contributed by atoms with Gasteiger partial charge in [0.05, 0.1) is 5.56 Å². The maximum atomic E-state index is 13.5. The van der Waals surface area contributed by atoms with Crippen molar-refractivity contribution in [3.05, 3.63) is 65.6 Å². The third-order valence-corrected chi connectivity index (χ3v) is 3.13. The molecule has 0 aliphatic rings. The van der Waals surface area contributed by atoms with Gasteiger partial charge in [-0.05, 0) is 43.3 Å². The van der Waals surface area contributed by atoms with Crippen molar-refractivity contribution < 1.29 is 9.18 Å². The Hall–Kier alpha value is -2.62. The first-order chi connectivity index (χ1) is 9.63. The molecule has 20 heavy (non-hydrogen) atoms. The average Bonchev–Trinajstić information content (AvgIpc) is 2.78. The minimum atomic E-state index is -0.524. The van der Waals surface area contributed by atoms with Crippen LogP contribution in [0, 0.1) is 12.7 Å². The van der Waals surface area contributed by atoms with Crippen molar-refractivity contribution in [1.82, 2.24) is 4.98 Å². The highest BCUT2D eigenvalue weighted by atomic mass is 19.1. The number of aromatic nitrogens is 1. The fraction of sp³-hybridized carbons (Fsp3) is 0.0625. The van der Waals surface area contributed by atoms with E-state index in [2.05, 4.69) is 10.3 Å². The second-order valence-electron chi connectivity index (χ2n) is 4.69. The van der Waals surface area contributed by atoms with E-state index in [1.165, 1.54) is 12.1 Å². The molecular formula is C16H13FN2O. The molecule has 0 unspecified atom stereocenters. The lowest BCUT2D eigenvalue weighted by atomic mass is 10.2. The van der Waals surface area contributed by atoms with Gasteiger partial charge < -0.3 is 10.3 Å². The molecule has 0 saturated heterocycles. The van der Waals surface area contributed by atoms with E-state index in [4.69, 9.17) is 0 Å². The highest BCUT2D eigenvalue weighted by Gasteiger charge is 2.11. The summed E-state index contributed by atoms with van der Waals surface area (Å²) in [5, 5.41) is 3.72. The molecule has 3 aromatic rings. The summed E-state index contributed by atoms with van der Waals surface area (Å²) in [6, 6.07) is 13.5. The van der Waals surface area contributed by atoms with Crippen molar-refractivity contribution in [3.8, 4) is 0 Å². The lowest BCUT2D eigenvalue weighted by Gasteiger charge is -2.06. The zero-order chi connectivity index (χ0) is 14.1. The summed E-state index contributed by atoms with van der Waals surface area (Å²) in [4.78, 5) is 15.2. The lowest BCUT2D eigenvalue weighted by molar-refractivity contribution is 0.102. The fourth-order valence-corrected chi connectivity index (χ4v) is 2.20. The topological polar surface area (TPSA) is 44.9 Å². The molecule has 0 fully saturated rings. The molecule has 0 bridgehead atoms. The van der Waals surface area contributed by atoms with Gasteiger partial charge in [0.25, 0.3) is 5.91 Å². The van der Waals surface area contributed by atoms with E-state index in [9.17, 15) is 9.18 Å². The van der Waals surface area contributed by atoms with Crippen molar-refractivity contribution in [1.29, 1.82) is 0 Å². The number of carbonyl (C=O) groups is 1.